The Morgan fingerprint density at radius 1 is 0.900 bits per heavy atom. The van der Waals surface area contributed by atoms with E-state index in [9.17, 15) is 0 Å². The first-order valence-electron chi connectivity index (χ1n) is 6.60. The quantitative estimate of drug-likeness (QED) is 0.594. The standard InChI is InChI=1S/C20H18/c1-5-11-17-15(7-3)18(12-6-2)20-14-10-9-13-19(20)16(17)8-4/h5,7-14H,2-4H2,1H3. The van der Waals surface area contributed by atoms with Crippen LogP contribution in [0.1, 0.15) is 29.2 Å². The molecule has 0 aromatic heterocycles. The Balaban J connectivity index is 3.12. The molecule has 0 unspecified atom stereocenters. The molecule has 0 nitrogen and oxygen atoms in total. The molecule has 0 spiro atoms. The van der Waals surface area contributed by atoms with E-state index >= 15 is 0 Å². The zero-order valence-electron chi connectivity index (χ0n) is 11.8. The summed E-state index contributed by atoms with van der Waals surface area (Å²) in [5.74, 6) is 0. The molecule has 2 aromatic rings. The zero-order chi connectivity index (χ0) is 14.5. The van der Waals surface area contributed by atoms with Crippen LogP contribution in [-0.4, -0.2) is 0 Å². The molecule has 0 fully saturated rings. The highest BCUT2D eigenvalue weighted by Gasteiger charge is 2.12. The van der Waals surface area contributed by atoms with Crippen molar-refractivity contribution in [2.45, 2.75) is 6.92 Å². The second kappa shape index (κ2) is 6.06. The predicted molar refractivity (Wildman–Crippen MR) is 92.4 cm³/mol. The number of fused-ring (bicyclic) bond motifs is 1. The fraction of sp³-hybridized carbons (Fsp3) is 0.0500. The van der Waals surface area contributed by atoms with Crippen LogP contribution in [0.4, 0.5) is 0 Å². The average Bonchev–Trinajstić information content (AvgIpc) is 2.48. The number of rotatable bonds is 4. The third-order valence-electron chi connectivity index (χ3n) is 3.37. The number of hydrogen-bond donors (Lipinski definition) is 0. The van der Waals surface area contributed by atoms with Gasteiger partial charge < -0.3 is 0 Å². The molecule has 0 aliphatic heterocycles. The van der Waals surface area contributed by atoms with Crippen LogP contribution in [0.25, 0.3) is 35.1 Å². The van der Waals surface area contributed by atoms with Crippen LogP contribution in [0.15, 0.2) is 55.8 Å². The summed E-state index contributed by atoms with van der Waals surface area (Å²) >= 11 is 0. The van der Waals surface area contributed by atoms with Gasteiger partial charge in [-0.05, 0) is 46.0 Å². The molecule has 0 aliphatic rings. The van der Waals surface area contributed by atoms with Gasteiger partial charge in [0.25, 0.3) is 0 Å². The lowest BCUT2D eigenvalue weighted by atomic mass is 9.88. The van der Waals surface area contributed by atoms with Crippen LogP contribution in [0.2, 0.25) is 0 Å². The molecule has 0 amide bonds. The third kappa shape index (κ3) is 2.18. The summed E-state index contributed by atoms with van der Waals surface area (Å²) in [6, 6.07) is 8.31. The summed E-state index contributed by atoms with van der Waals surface area (Å²) in [6.45, 7) is 13.6. The highest BCUT2D eigenvalue weighted by Crippen LogP contribution is 2.33. The minimum Gasteiger partial charge on any atom is -0.128 e. The Morgan fingerprint density at radius 3 is 2.00 bits per heavy atom. The minimum atomic E-state index is 1.09. The molecule has 0 heterocycles. The maximum absolute atomic E-state index is 3.97. The van der Waals surface area contributed by atoms with Crippen LogP contribution >= 0.6 is 0 Å². The van der Waals surface area contributed by atoms with E-state index in [1.807, 2.05) is 43.4 Å². The summed E-state index contributed by atoms with van der Waals surface area (Å²) in [7, 11) is 0. The van der Waals surface area contributed by atoms with Crippen molar-refractivity contribution in [1.29, 1.82) is 0 Å². The minimum absolute atomic E-state index is 1.09. The lowest BCUT2D eigenvalue weighted by molar-refractivity contribution is 1.59. The molecule has 2 rings (SSSR count). The van der Waals surface area contributed by atoms with E-state index in [2.05, 4.69) is 43.7 Å². The van der Waals surface area contributed by atoms with Crippen molar-refractivity contribution in [2.24, 2.45) is 0 Å². The van der Waals surface area contributed by atoms with Crippen molar-refractivity contribution in [3.05, 3.63) is 78.1 Å². The van der Waals surface area contributed by atoms with Gasteiger partial charge in [0.15, 0.2) is 0 Å². The van der Waals surface area contributed by atoms with Crippen molar-refractivity contribution in [3.8, 4) is 0 Å². The monoisotopic (exact) mass is 258 g/mol. The van der Waals surface area contributed by atoms with Gasteiger partial charge in [0.1, 0.15) is 0 Å². The van der Waals surface area contributed by atoms with Crippen LogP contribution in [0.3, 0.4) is 0 Å². The van der Waals surface area contributed by atoms with E-state index in [-0.39, 0.29) is 0 Å². The Kier molecular flexibility index (Phi) is 4.20. The second-order valence-corrected chi connectivity index (χ2v) is 4.46. The fourth-order valence-corrected chi connectivity index (χ4v) is 2.58. The largest absolute Gasteiger partial charge is 0.128 e. The van der Waals surface area contributed by atoms with E-state index in [1.165, 1.54) is 10.8 Å². The van der Waals surface area contributed by atoms with E-state index < -0.39 is 0 Å². The van der Waals surface area contributed by atoms with Crippen molar-refractivity contribution >= 4 is 35.1 Å². The summed E-state index contributed by atoms with van der Waals surface area (Å²) < 4.78 is 0. The zero-order valence-corrected chi connectivity index (χ0v) is 11.8. The van der Waals surface area contributed by atoms with E-state index in [4.69, 9.17) is 0 Å². The Bertz CT molecular complexity index is 751. The lowest BCUT2D eigenvalue weighted by Crippen LogP contribution is -1.94. The molecular weight excluding hydrogens is 240 g/mol. The molecule has 0 bridgehead atoms. The normalized spacial score (nSPS) is 10.4. The molecule has 0 N–H and O–H groups in total. The lowest BCUT2D eigenvalue weighted by Gasteiger charge is -2.15. The van der Waals surface area contributed by atoms with Gasteiger partial charge in [-0.1, -0.05) is 68.3 Å². The smallest absolute Gasteiger partial charge is 0.00222 e. The molecule has 0 saturated heterocycles. The van der Waals surface area contributed by atoms with Gasteiger partial charge >= 0.3 is 0 Å². The summed E-state index contributed by atoms with van der Waals surface area (Å²) in [6.07, 6.45) is 9.84. The number of allylic oxidation sites excluding steroid dienone is 1. The molecule has 0 atom stereocenters. The van der Waals surface area contributed by atoms with E-state index in [0.717, 1.165) is 22.3 Å². The maximum Gasteiger partial charge on any atom is -0.00222 e. The van der Waals surface area contributed by atoms with Crippen molar-refractivity contribution in [1.82, 2.24) is 0 Å². The van der Waals surface area contributed by atoms with Crippen LogP contribution in [0.5, 0.6) is 0 Å². The molecule has 0 heteroatoms. The van der Waals surface area contributed by atoms with Gasteiger partial charge in [-0.2, -0.15) is 0 Å². The third-order valence-corrected chi connectivity index (χ3v) is 3.37. The summed E-state index contributed by atoms with van der Waals surface area (Å²) in [4.78, 5) is 0. The van der Waals surface area contributed by atoms with E-state index in [0.29, 0.717) is 0 Å². The second-order valence-electron chi connectivity index (χ2n) is 4.46. The first-order valence-corrected chi connectivity index (χ1v) is 6.60. The summed E-state index contributed by atoms with van der Waals surface area (Å²) in [5, 5.41) is 2.35. The Hall–Kier alpha value is -2.56. The van der Waals surface area contributed by atoms with E-state index in [1.54, 1.807) is 0 Å². The molecule has 0 aliphatic carbocycles. The van der Waals surface area contributed by atoms with Gasteiger partial charge in [0.2, 0.25) is 0 Å². The molecule has 0 saturated carbocycles. The fourth-order valence-electron chi connectivity index (χ4n) is 2.58. The van der Waals surface area contributed by atoms with Crippen LogP contribution in [-0.2, 0) is 0 Å². The van der Waals surface area contributed by atoms with Gasteiger partial charge in [0, 0.05) is 0 Å². The van der Waals surface area contributed by atoms with Crippen molar-refractivity contribution in [3.63, 3.8) is 0 Å². The SMILES string of the molecule is C=C=Cc1c(C=C)c(C=CC)c(C=C)c2ccccc12. The maximum atomic E-state index is 3.97. The molecule has 2 aromatic carbocycles. The van der Waals surface area contributed by atoms with Gasteiger partial charge in [-0.3, -0.25) is 0 Å². The number of benzene rings is 2. The Labute approximate surface area is 120 Å². The first-order chi connectivity index (χ1) is 9.78. The van der Waals surface area contributed by atoms with Crippen LogP contribution in [0, 0.1) is 0 Å². The Morgan fingerprint density at radius 2 is 1.50 bits per heavy atom. The molecule has 0 radical (unpaired) electrons. The van der Waals surface area contributed by atoms with Gasteiger partial charge in [-0.25, -0.2) is 0 Å². The highest BCUT2D eigenvalue weighted by molar-refractivity contribution is 6.02. The van der Waals surface area contributed by atoms with Crippen molar-refractivity contribution in [2.75, 3.05) is 0 Å². The predicted octanol–water partition coefficient (Wildman–Crippen LogP) is 5.96. The first kappa shape index (κ1) is 13.9. The molecular formula is C20H18. The number of hydrogen-bond acceptors (Lipinski definition) is 0. The van der Waals surface area contributed by atoms with Crippen molar-refractivity contribution < 1.29 is 0 Å². The molecule has 20 heavy (non-hydrogen) atoms. The van der Waals surface area contributed by atoms with Crippen LogP contribution < -0.4 is 0 Å². The average molecular weight is 258 g/mol. The highest BCUT2D eigenvalue weighted by atomic mass is 14.2. The summed E-state index contributed by atoms with van der Waals surface area (Å²) in [5.41, 5.74) is 7.35. The van der Waals surface area contributed by atoms with Gasteiger partial charge in [0.05, 0.1) is 0 Å². The topological polar surface area (TPSA) is 0 Å². The van der Waals surface area contributed by atoms with Gasteiger partial charge in [-0.15, -0.1) is 5.73 Å². The molecule has 98 valence electrons.